The first kappa shape index (κ1) is 15.4. The number of rotatable bonds is 4. The third-order valence-corrected chi connectivity index (χ3v) is 5.46. The zero-order valence-electron chi connectivity index (χ0n) is 13.1. The maximum absolute atomic E-state index is 12.9. The van der Waals surface area contributed by atoms with E-state index in [2.05, 4.69) is 4.98 Å². The van der Waals surface area contributed by atoms with Crippen molar-refractivity contribution in [1.29, 1.82) is 0 Å². The fourth-order valence-electron chi connectivity index (χ4n) is 2.56. The van der Waals surface area contributed by atoms with Crippen molar-refractivity contribution in [1.82, 2.24) is 8.96 Å². The fourth-order valence-corrected chi connectivity index (χ4v) is 3.92. The average molecular weight is 350 g/mol. The molecule has 0 fully saturated rings. The molecule has 4 rings (SSSR count). The summed E-state index contributed by atoms with van der Waals surface area (Å²) >= 11 is 0. The first-order valence-corrected chi connectivity index (χ1v) is 9.09. The van der Waals surface area contributed by atoms with E-state index in [1.54, 1.807) is 48.7 Å². The van der Waals surface area contributed by atoms with E-state index < -0.39 is 10.0 Å². The van der Waals surface area contributed by atoms with E-state index in [1.807, 2.05) is 30.3 Å². The fraction of sp³-hybridized carbons (Fsp3) is 0. The van der Waals surface area contributed by atoms with Crippen LogP contribution in [0.25, 0.3) is 11.0 Å². The van der Waals surface area contributed by atoms with Crippen molar-refractivity contribution in [2.45, 2.75) is 4.90 Å². The highest BCUT2D eigenvalue weighted by Crippen LogP contribution is 2.26. The number of fused-ring (bicyclic) bond motifs is 1. The Bertz CT molecular complexity index is 1120. The van der Waals surface area contributed by atoms with Crippen LogP contribution in [0.5, 0.6) is 11.5 Å². The molecule has 2 heterocycles. The van der Waals surface area contributed by atoms with Gasteiger partial charge in [-0.15, -0.1) is 0 Å². The van der Waals surface area contributed by atoms with Crippen LogP contribution in [0.4, 0.5) is 0 Å². The van der Waals surface area contributed by atoms with Crippen molar-refractivity contribution in [3.63, 3.8) is 0 Å². The average Bonchev–Trinajstić information content (AvgIpc) is 3.07. The zero-order valence-corrected chi connectivity index (χ0v) is 13.9. The van der Waals surface area contributed by atoms with Crippen LogP contribution >= 0.6 is 0 Å². The molecule has 0 atom stereocenters. The van der Waals surface area contributed by atoms with Gasteiger partial charge in [0.15, 0.2) is 0 Å². The van der Waals surface area contributed by atoms with E-state index in [4.69, 9.17) is 4.74 Å². The number of para-hydroxylation sites is 1. The summed E-state index contributed by atoms with van der Waals surface area (Å²) in [4.78, 5) is 4.52. The Morgan fingerprint density at radius 1 is 0.840 bits per heavy atom. The number of nitrogens with zero attached hydrogens (tertiary/aromatic N) is 2. The van der Waals surface area contributed by atoms with Gasteiger partial charge in [0.2, 0.25) is 0 Å². The van der Waals surface area contributed by atoms with E-state index in [-0.39, 0.29) is 4.90 Å². The van der Waals surface area contributed by atoms with Crippen molar-refractivity contribution in [3.8, 4) is 11.5 Å². The van der Waals surface area contributed by atoms with Crippen LogP contribution in [0, 0.1) is 0 Å². The number of pyridine rings is 1. The minimum absolute atomic E-state index is 0.224. The Balaban J connectivity index is 1.79. The van der Waals surface area contributed by atoms with Crippen LogP contribution in [-0.4, -0.2) is 17.4 Å². The minimum Gasteiger partial charge on any atom is -0.456 e. The molecular formula is C19H14N2O3S. The van der Waals surface area contributed by atoms with Crippen LogP contribution in [0.3, 0.4) is 0 Å². The molecule has 2 aromatic heterocycles. The smallest absolute Gasteiger partial charge is 0.268 e. The van der Waals surface area contributed by atoms with Crippen LogP contribution in [0.15, 0.2) is 90.1 Å². The van der Waals surface area contributed by atoms with Crippen LogP contribution in [0.1, 0.15) is 0 Å². The molecule has 0 aliphatic rings. The molecule has 5 nitrogen and oxygen atoms in total. The van der Waals surface area contributed by atoms with Gasteiger partial charge < -0.3 is 4.74 Å². The predicted molar refractivity (Wildman–Crippen MR) is 95.3 cm³/mol. The molecule has 25 heavy (non-hydrogen) atoms. The lowest BCUT2D eigenvalue weighted by atomic mass is 10.3. The first-order chi connectivity index (χ1) is 12.1. The SMILES string of the molecule is O=S(=O)(c1ccccc1)n1ccc2ncc(Oc3ccccc3)cc21. The monoisotopic (exact) mass is 350 g/mol. The number of benzene rings is 2. The van der Waals surface area contributed by atoms with Gasteiger partial charge in [0.25, 0.3) is 10.0 Å². The summed E-state index contributed by atoms with van der Waals surface area (Å²) in [6.45, 7) is 0. The van der Waals surface area contributed by atoms with Crippen molar-refractivity contribution in [3.05, 3.63) is 85.2 Å². The standard InChI is InChI=1S/C19H14N2O3S/c22-25(23,17-9-5-2-6-10-17)21-12-11-18-19(21)13-16(14-20-18)24-15-7-3-1-4-8-15/h1-14H. The summed E-state index contributed by atoms with van der Waals surface area (Å²) in [6, 6.07) is 20.9. The summed E-state index contributed by atoms with van der Waals surface area (Å²) in [5.74, 6) is 1.13. The Morgan fingerprint density at radius 2 is 1.52 bits per heavy atom. The quantitative estimate of drug-likeness (QED) is 0.557. The summed E-state index contributed by atoms with van der Waals surface area (Å²) in [5.41, 5.74) is 1.05. The molecule has 6 heteroatoms. The highest BCUT2D eigenvalue weighted by Gasteiger charge is 2.19. The van der Waals surface area contributed by atoms with E-state index in [0.29, 0.717) is 22.5 Å². The molecule has 0 saturated heterocycles. The molecule has 4 aromatic rings. The number of hydrogen-bond acceptors (Lipinski definition) is 4. The Morgan fingerprint density at radius 3 is 2.24 bits per heavy atom. The molecule has 0 spiro atoms. The van der Waals surface area contributed by atoms with Gasteiger partial charge in [-0.1, -0.05) is 36.4 Å². The van der Waals surface area contributed by atoms with Crippen molar-refractivity contribution in [2.75, 3.05) is 0 Å². The largest absolute Gasteiger partial charge is 0.456 e. The summed E-state index contributed by atoms with van der Waals surface area (Å²) < 4.78 is 32.7. The van der Waals surface area contributed by atoms with Crippen LogP contribution in [-0.2, 0) is 10.0 Å². The lowest BCUT2D eigenvalue weighted by molar-refractivity contribution is 0.481. The Kier molecular flexibility index (Phi) is 3.74. The highest BCUT2D eigenvalue weighted by molar-refractivity contribution is 7.90. The maximum atomic E-state index is 12.9. The molecule has 0 bridgehead atoms. The lowest BCUT2D eigenvalue weighted by Crippen LogP contribution is -2.11. The third kappa shape index (κ3) is 2.88. The van der Waals surface area contributed by atoms with E-state index in [0.717, 1.165) is 0 Å². The normalized spacial score (nSPS) is 11.5. The Hall–Kier alpha value is -3.12. The topological polar surface area (TPSA) is 61.2 Å². The molecule has 0 radical (unpaired) electrons. The highest BCUT2D eigenvalue weighted by atomic mass is 32.2. The first-order valence-electron chi connectivity index (χ1n) is 7.65. The molecule has 0 unspecified atom stereocenters. The second-order valence-corrected chi connectivity index (χ2v) is 7.24. The van der Waals surface area contributed by atoms with Gasteiger partial charge in [0.05, 0.1) is 22.1 Å². The minimum atomic E-state index is -3.69. The van der Waals surface area contributed by atoms with Gasteiger partial charge in [-0.2, -0.15) is 0 Å². The van der Waals surface area contributed by atoms with Gasteiger partial charge in [0.1, 0.15) is 11.5 Å². The maximum Gasteiger partial charge on any atom is 0.268 e. The number of hydrogen-bond donors (Lipinski definition) is 0. The van der Waals surface area contributed by atoms with Crippen LogP contribution in [0.2, 0.25) is 0 Å². The van der Waals surface area contributed by atoms with E-state index in [1.165, 1.54) is 10.2 Å². The Labute approximate surface area is 145 Å². The molecule has 0 aliphatic heterocycles. The van der Waals surface area contributed by atoms with Gasteiger partial charge in [0, 0.05) is 12.3 Å². The molecular weight excluding hydrogens is 336 g/mol. The molecule has 0 aliphatic carbocycles. The van der Waals surface area contributed by atoms with Gasteiger partial charge >= 0.3 is 0 Å². The zero-order chi connectivity index (χ0) is 17.3. The number of aromatic nitrogens is 2. The summed E-state index contributed by atoms with van der Waals surface area (Å²) in [6.07, 6.45) is 3.08. The van der Waals surface area contributed by atoms with Crippen molar-refractivity contribution >= 4 is 21.1 Å². The molecule has 0 amide bonds. The molecule has 0 N–H and O–H groups in total. The molecule has 124 valence electrons. The molecule has 0 saturated carbocycles. The summed E-state index contributed by atoms with van der Waals surface area (Å²) in [5, 5.41) is 0. The lowest BCUT2D eigenvalue weighted by Gasteiger charge is -2.09. The van der Waals surface area contributed by atoms with Crippen molar-refractivity contribution in [2.24, 2.45) is 0 Å². The van der Waals surface area contributed by atoms with Crippen molar-refractivity contribution < 1.29 is 13.2 Å². The van der Waals surface area contributed by atoms with Gasteiger partial charge in [-0.25, -0.2) is 12.4 Å². The van der Waals surface area contributed by atoms with Gasteiger partial charge in [-0.3, -0.25) is 4.98 Å². The third-order valence-electron chi connectivity index (χ3n) is 3.76. The second-order valence-electron chi connectivity index (χ2n) is 5.42. The predicted octanol–water partition coefficient (Wildman–Crippen LogP) is 4.07. The van der Waals surface area contributed by atoms with Crippen LogP contribution < -0.4 is 4.74 Å². The number of ether oxygens (including phenoxy) is 1. The summed E-state index contributed by atoms with van der Waals surface area (Å²) in [7, 11) is -3.69. The molecule has 2 aromatic carbocycles. The van der Waals surface area contributed by atoms with Gasteiger partial charge in [-0.05, 0) is 30.3 Å². The van der Waals surface area contributed by atoms with E-state index in [9.17, 15) is 8.42 Å². The second kappa shape index (κ2) is 6.07. The van der Waals surface area contributed by atoms with E-state index >= 15 is 0 Å².